The fourth-order valence-corrected chi connectivity index (χ4v) is 1.80. The van der Waals surface area contributed by atoms with Crippen LogP contribution in [0.1, 0.15) is 25.7 Å². The van der Waals surface area contributed by atoms with E-state index in [4.69, 9.17) is 14.9 Å². The van der Waals surface area contributed by atoms with Gasteiger partial charge in [0, 0.05) is 0 Å². The average molecular weight is 256 g/mol. The summed E-state index contributed by atoms with van der Waals surface area (Å²) in [5.41, 5.74) is 0. The molecule has 17 heavy (non-hydrogen) atoms. The first-order valence-corrected chi connectivity index (χ1v) is 5.40. The molecule has 0 aromatic carbocycles. The number of carboxylic acids is 1. The zero-order chi connectivity index (χ0) is 13.1. The Hall–Kier alpha value is -0.820. The van der Waals surface area contributed by atoms with Gasteiger partial charge in [-0.15, -0.1) is 0 Å². The van der Waals surface area contributed by atoms with Gasteiger partial charge in [0.1, 0.15) is 0 Å². The molecule has 1 fully saturated rings. The lowest BCUT2D eigenvalue weighted by Crippen LogP contribution is -2.35. The monoisotopic (exact) mass is 256 g/mol. The van der Waals surface area contributed by atoms with Gasteiger partial charge in [0.2, 0.25) is 0 Å². The van der Waals surface area contributed by atoms with Crippen molar-refractivity contribution in [2.24, 2.45) is 5.92 Å². The largest absolute Gasteiger partial charge is 0.481 e. The van der Waals surface area contributed by atoms with E-state index in [1.54, 1.807) is 0 Å². The number of ether oxygens (including phenoxy) is 1. The van der Waals surface area contributed by atoms with Crippen molar-refractivity contribution in [1.82, 2.24) is 0 Å². The summed E-state index contributed by atoms with van der Waals surface area (Å²) in [7, 11) is 0. The number of aliphatic hydroxyl groups excluding tert-OH is 1. The van der Waals surface area contributed by atoms with Crippen LogP contribution >= 0.6 is 0 Å². The lowest BCUT2D eigenvalue weighted by atomic mass is 9.87. The summed E-state index contributed by atoms with van der Waals surface area (Å²) in [6.45, 7) is -0.786. The van der Waals surface area contributed by atoms with Crippen LogP contribution in [0.2, 0.25) is 0 Å². The van der Waals surface area contributed by atoms with Gasteiger partial charge in [-0.1, -0.05) is 0 Å². The minimum atomic E-state index is -4.67. The van der Waals surface area contributed by atoms with Crippen molar-refractivity contribution >= 4 is 5.97 Å². The van der Waals surface area contributed by atoms with Crippen LogP contribution in [0.3, 0.4) is 0 Å². The summed E-state index contributed by atoms with van der Waals surface area (Å²) in [4.78, 5) is 10.6. The fourth-order valence-electron chi connectivity index (χ4n) is 1.80. The van der Waals surface area contributed by atoms with Crippen LogP contribution < -0.4 is 0 Å². The quantitative estimate of drug-likeness (QED) is 0.801. The van der Waals surface area contributed by atoms with Gasteiger partial charge in [-0.05, 0) is 25.7 Å². The third kappa shape index (κ3) is 4.51. The maximum absolute atomic E-state index is 12.0. The summed E-state index contributed by atoms with van der Waals surface area (Å²) >= 11 is 0. The Morgan fingerprint density at radius 3 is 2.24 bits per heavy atom. The molecule has 100 valence electrons. The van der Waals surface area contributed by atoms with E-state index in [9.17, 15) is 18.0 Å². The molecule has 1 saturated carbocycles. The smallest absolute Gasteiger partial charge is 0.416 e. The Balaban J connectivity index is 2.25. The van der Waals surface area contributed by atoms with Crippen LogP contribution in [0.5, 0.6) is 0 Å². The Morgan fingerprint density at radius 1 is 1.29 bits per heavy atom. The van der Waals surface area contributed by atoms with Gasteiger partial charge in [-0.25, -0.2) is 0 Å². The standard InChI is InChI=1S/C10H15F3O4/c11-10(12,13)8(14)5-17-7-3-1-6(2-4-7)9(15)16/h6-8,14H,1-5H2,(H,15,16). The first kappa shape index (κ1) is 14.2. The maximum atomic E-state index is 12.0. The number of halogens is 3. The highest BCUT2D eigenvalue weighted by atomic mass is 19.4. The second-order valence-corrected chi connectivity index (χ2v) is 4.20. The maximum Gasteiger partial charge on any atom is 0.416 e. The highest BCUT2D eigenvalue weighted by molar-refractivity contribution is 5.70. The zero-order valence-corrected chi connectivity index (χ0v) is 9.11. The highest BCUT2D eigenvalue weighted by Gasteiger charge is 2.39. The van der Waals surface area contributed by atoms with E-state index in [1.165, 1.54) is 0 Å². The van der Waals surface area contributed by atoms with Gasteiger partial charge in [0.15, 0.2) is 6.10 Å². The van der Waals surface area contributed by atoms with E-state index in [0.717, 1.165) is 0 Å². The van der Waals surface area contributed by atoms with E-state index >= 15 is 0 Å². The summed E-state index contributed by atoms with van der Waals surface area (Å²) in [5, 5.41) is 17.4. The van der Waals surface area contributed by atoms with Crippen LogP contribution in [-0.4, -0.2) is 41.2 Å². The Bertz CT molecular complexity index is 259. The van der Waals surface area contributed by atoms with Crippen LogP contribution in [0.4, 0.5) is 13.2 Å². The molecule has 1 atom stereocenters. The molecule has 0 radical (unpaired) electrons. The molecule has 0 amide bonds. The summed E-state index contributed by atoms with van der Waals surface area (Å²) in [6.07, 6.45) is -5.88. The highest BCUT2D eigenvalue weighted by Crippen LogP contribution is 2.27. The lowest BCUT2D eigenvalue weighted by Gasteiger charge is -2.27. The fraction of sp³-hybridized carbons (Fsp3) is 0.900. The molecule has 1 unspecified atom stereocenters. The van der Waals surface area contributed by atoms with Crippen molar-refractivity contribution in [3.63, 3.8) is 0 Å². The minimum Gasteiger partial charge on any atom is -0.481 e. The molecule has 0 aromatic heterocycles. The molecule has 0 saturated heterocycles. The molecular formula is C10H15F3O4. The van der Waals surface area contributed by atoms with Crippen LogP contribution in [0.15, 0.2) is 0 Å². The van der Waals surface area contributed by atoms with E-state index in [2.05, 4.69) is 0 Å². The predicted molar refractivity (Wildman–Crippen MR) is 51.4 cm³/mol. The predicted octanol–water partition coefficient (Wildman–Crippen LogP) is 1.57. The number of alkyl halides is 3. The van der Waals surface area contributed by atoms with Crippen molar-refractivity contribution in [3.05, 3.63) is 0 Å². The molecule has 1 aliphatic rings. The molecule has 0 bridgehead atoms. The zero-order valence-electron chi connectivity index (χ0n) is 9.11. The number of rotatable bonds is 4. The van der Waals surface area contributed by atoms with Gasteiger partial charge in [-0.3, -0.25) is 4.79 Å². The normalized spacial score (nSPS) is 27.8. The van der Waals surface area contributed by atoms with Crippen molar-refractivity contribution in [3.8, 4) is 0 Å². The molecule has 0 spiro atoms. The number of hydrogen-bond acceptors (Lipinski definition) is 3. The Morgan fingerprint density at radius 2 is 1.82 bits per heavy atom. The molecule has 4 nitrogen and oxygen atoms in total. The van der Waals surface area contributed by atoms with E-state index in [0.29, 0.717) is 25.7 Å². The SMILES string of the molecule is O=C(O)C1CCC(OCC(O)C(F)(F)F)CC1. The molecule has 1 aliphatic carbocycles. The van der Waals surface area contributed by atoms with Crippen molar-refractivity contribution in [1.29, 1.82) is 0 Å². The number of carbonyl (C=O) groups is 1. The molecule has 0 aromatic rings. The van der Waals surface area contributed by atoms with Crippen molar-refractivity contribution in [2.45, 2.75) is 44.1 Å². The summed E-state index contributed by atoms with van der Waals surface area (Å²) in [6, 6.07) is 0. The number of aliphatic hydroxyl groups is 1. The third-order valence-corrected chi connectivity index (χ3v) is 2.89. The molecular weight excluding hydrogens is 241 g/mol. The first-order valence-electron chi connectivity index (χ1n) is 5.40. The lowest BCUT2D eigenvalue weighted by molar-refractivity contribution is -0.222. The van der Waals surface area contributed by atoms with Gasteiger partial charge in [0.25, 0.3) is 0 Å². The molecule has 0 aliphatic heterocycles. The first-order chi connectivity index (χ1) is 7.80. The van der Waals surface area contributed by atoms with Crippen LogP contribution in [0, 0.1) is 5.92 Å². The number of carboxylic acid groups (broad SMARTS) is 1. The van der Waals surface area contributed by atoms with Crippen LogP contribution in [-0.2, 0) is 9.53 Å². The van der Waals surface area contributed by atoms with Gasteiger partial charge >= 0.3 is 12.1 Å². The van der Waals surface area contributed by atoms with E-state index in [-0.39, 0.29) is 6.10 Å². The molecule has 7 heteroatoms. The van der Waals surface area contributed by atoms with Crippen molar-refractivity contribution < 1.29 is 32.9 Å². The van der Waals surface area contributed by atoms with Gasteiger partial charge in [0.05, 0.1) is 18.6 Å². The number of hydrogen-bond donors (Lipinski definition) is 2. The van der Waals surface area contributed by atoms with E-state index < -0.39 is 30.8 Å². The second kappa shape index (κ2) is 5.68. The van der Waals surface area contributed by atoms with Gasteiger partial charge < -0.3 is 14.9 Å². The van der Waals surface area contributed by atoms with Crippen LogP contribution in [0.25, 0.3) is 0 Å². The van der Waals surface area contributed by atoms with Gasteiger partial charge in [-0.2, -0.15) is 13.2 Å². The Kier molecular flexibility index (Phi) is 4.76. The average Bonchev–Trinajstić information content (AvgIpc) is 2.25. The molecule has 2 N–H and O–H groups in total. The third-order valence-electron chi connectivity index (χ3n) is 2.89. The summed E-state index contributed by atoms with van der Waals surface area (Å²) < 4.78 is 40.8. The Labute approximate surface area is 96.4 Å². The summed E-state index contributed by atoms with van der Waals surface area (Å²) in [5.74, 6) is -1.30. The number of aliphatic carboxylic acids is 1. The second-order valence-electron chi connectivity index (χ2n) is 4.20. The topological polar surface area (TPSA) is 66.8 Å². The van der Waals surface area contributed by atoms with E-state index in [1.807, 2.05) is 0 Å². The molecule has 1 rings (SSSR count). The van der Waals surface area contributed by atoms with Crippen molar-refractivity contribution in [2.75, 3.05) is 6.61 Å². The molecule has 0 heterocycles. The minimum absolute atomic E-state index is 0.386.